The first-order chi connectivity index (χ1) is 9.72. The summed E-state index contributed by atoms with van der Waals surface area (Å²) < 4.78 is 4.94. The number of benzene rings is 1. The average Bonchev–Trinajstić information content (AvgIpc) is 2.88. The number of nitrogens with zero attached hydrogens (tertiary/aromatic N) is 3. The molecule has 0 fully saturated rings. The van der Waals surface area contributed by atoms with E-state index in [0.717, 1.165) is 5.56 Å². The van der Waals surface area contributed by atoms with Gasteiger partial charge in [-0.1, -0.05) is 23.5 Å². The van der Waals surface area contributed by atoms with Crippen molar-refractivity contribution in [3.8, 4) is 6.07 Å². The Morgan fingerprint density at radius 2 is 2.15 bits per heavy atom. The molecular weight excluding hydrogens is 276 g/mol. The van der Waals surface area contributed by atoms with Crippen LogP contribution >= 0.6 is 11.3 Å². The number of anilines is 1. The van der Waals surface area contributed by atoms with Crippen molar-refractivity contribution in [2.24, 2.45) is 0 Å². The van der Waals surface area contributed by atoms with Gasteiger partial charge in [-0.05, 0) is 17.7 Å². The fourth-order valence-electron chi connectivity index (χ4n) is 1.52. The van der Waals surface area contributed by atoms with E-state index in [1.807, 2.05) is 0 Å². The molecule has 0 spiro atoms. The molecule has 0 bridgehead atoms. The maximum absolute atomic E-state index is 12.0. The molecule has 6 nitrogen and oxygen atoms in total. The van der Waals surface area contributed by atoms with E-state index in [1.54, 1.807) is 31.4 Å². The third-order valence-corrected chi connectivity index (χ3v) is 3.27. The Kier molecular flexibility index (Phi) is 4.76. The molecule has 0 unspecified atom stereocenters. The van der Waals surface area contributed by atoms with Gasteiger partial charge < -0.3 is 4.74 Å². The van der Waals surface area contributed by atoms with Crippen molar-refractivity contribution in [2.75, 3.05) is 12.4 Å². The summed E-state index contributed by atoms with van der Waals surface area (Å²) in [6.07, 6.45) is 0.332. The van der Waals surface area contributed by atoms with Crippen LogP contribution in [0.25, 0.3) is 0 Å². The van der Waals surface area contributed by atoms with Crippen molar-refractivity contribution in [3.63, 3.8) is 0 Å². The van der Waals surface area contributed by atoms with Crippen LogP contribution in [0.5, 0.6) is 0 Å². The standard InChI is InChI=1S/C13H12N4O2S/c1-19-8-11-16-17-13(20-11)15-12(18)10-4-2-9(3-5-10)6-7-14/h2-5H,6,8H2,1H3,(H,15,17,18). The lowest BCUT2D eigenvalue weighted by molar-refractivity contribution is 0.102. The molecule has 0 aliphatic rings. The Morgan fingerprint density at radius 1 is 1.40 bits per heavy atom. The van der Waals surface area contributed by atoms with E-state index >= 15 is 0 Å². The summed E-state index contributed by atoms with van der Waals surface area (Å²) in [7, 11) is 1.57. The zero-order chi connectivity index (χ0) is 14.4. The molecule has 0 saturated carbocycles. The fraction of sp³-hybridized carbons (Fsp3) is 0.231. The van der Waals surface area contributed by atoms with Crippen molar-refractivity contribution in [1.82, 2.24) is 10.2 Å². The lowest BCUT2D eigenvalue weighted by Crippen LogP contribution is -2.11. The number of carbonyl (C=O) groups excluding carboxylic acids is 1. The van der Waals surface area contributed by atoms with Gasteiger partial charge in [-0.3, -0.25) is 10.1 Å². The molecule has 0 atom stereocenters. The van der Waals surface area contributed by atoms with Gasteiger partial charge in [0.1, 0.15) is 11.6 Å². The minimum Gasteiger partial charge on any atom is -0.377 e. The van der Waals surface area contributed by atoms with E-state index in [2.05, 4.69) is 21.6 Å². The molecule has 0 saturated heterocycles. The predicted octanol–water partition coefficient (Wildman–Crippen LogP) is 2.00. The summed E-state index contributed by atoms with van der Waals surface area (Å²) in [4.78, 5) is 12.0. The number of rotatable bonds is 5. The highest BCUT2D eigenvalue weighted by atomic mass is 32.1. The monoisotopic (exact) mass is 288 g/mol. The Labute approximate surface area is 120 Å². The van der Waals surface area contributed by atoms with Gasteiger partial charge in [0.25, 0.3) is 5.91 Å². The zero-order valence-corrected chi connectivity index (χ0v) is 11.6. The number of hydrogen-bond donors (Lipinski definition) is 1. The van der Waals surface area contributed by atoms with E-state index in [4.69, 9.17) is 10.00 Å². The highest BCUT2D eigenvalue weighted by Crippen LogP contribution is 2.17. The van der Waals surface area contributed by atoms with Crippen molar-refractivity contribution in [3.05, 3.63) is 40.4 Å². The molecule has 20 heavy (non-hydrogen) atoms. The third-order valence-electron chi connectivity index (χ3n) is 2.45. The molecule has 1 heterocycles. The van der Waals surface area contributed by atoms with Crippen molar-refractivity contribution >= 4 is 22.4 Å². The smallest absolute Gasteiger partial charge is 0.257 e. The molecule has 0 radical (unpaired) electrons. The van der Waals surface area contributed by atoms with Crippen LogP contribution in [0.3, 0.4) is 0 Å². The Morgan fingerprint density at radius 3 is 2.80 bits per heavy atom. The summed E-state index contributed by atoms with van der Waals surface area (Å²) in [6, 6.07) is 8.93. The van der Waals surface area contributed by atoms with Crippen LogP contribution in [-0.2, 0) is 17.8 Å². The number of methoxy groups -OCH3 is 1. The Bertz CT molecular complexity index is 631. The van der Waals surface area contributed by atoms with Crippen molar-refractivity contribution in [1.29, 1.82) is 5.26 Å². The van der Waals surface area contributed by atoms with Crippen molar-refractivity contribution in [2.45, 2.75) is 13.0 Å². The Hall–Kier alpha value is -2.30. The molecule has 2 aromatic rings. The minimum atomic E-state index is -0.256. The molecule has 102 valence electrons. The fourth-order valence-corrected chi connectivity index (χ4v) is 2.23. The number of amides is 1. The minimum absolute atomic E-state index is 0.256. The summed E-state index contributed by atoms with van der Waals surface area (Å²) in [5.41, 5.74) is 1.39. The molecule has 1 aromatic carbocycles. The van der Waals surface area contributed by atoms with Gasteiger partial charge in [0.15, 0.2) is 0 Å². The van der Waals surface area contributed by atoms with Gasteiger partial charge in [-0.25, -0.2) is 0 Å². The quantitative estimate of drug-likeness (QED) is 0.909. The first kappa shape index (κ1) is 14.1. The molecule has 2 rings (SSSR count). The number of ether oxygens (including phenoxy) is 1. The number of carbonyl (C=O) groups is 1. The van der Waals surface area contributed by atoms with Crippen LogP contribution in [-0.4, -0.2) is 23.2 Å². The van der Waals surface area contributed by atoms with E-state index < -0.39 is 0 Å². The third kappa shape index (κ3) is 3.60. The number of hydrogen-bond acceptors (Lipinski definition) is 6. The van der Waals surface area contributed by atoms with Gasteiger partial charge in [0.05, 0.1) is 12.5 Å². The normalized spacial score (nSPS) is 10.0. The SMILES string of the molecule is COCc1nnc(NC(=O)c2ccc(CC#N)cc2)s1. The molecular formula is C13H12N4O2S. The van der Waals surface area contributed by atoms with Crippen LogP contribution < -0.4 is 5.32 Å². The second kappa shape index (κ2) is 6.75. The van der Waals surface area contributed by atoms with E-state index in [1.165, 1.54) is 11.3 Å². The molecule has 1 amide bonds. The van der Waals surface area contributed by atoms with E-state index in [0.29, 0.717) is 28.7 Å². The van der Waals surface area contributed by atoms with Gasteiger partial charge in [0.2, 0.25) is 5.13 Å². The number of nitrogens with one attached hydrogen (secondary N) is 1. The maximum Gasteiger partial charge on any atom is 0.257 e. The number of nitriles is 1. The second-order valence-electron chi connectivity index (χ2n) is 3.92. The first-order valence-corrected chi connectivity index (χ1v) is 6.63. The van der Waals surface area contributed by atoms with Gasteiger partial charge >= 0.3 is 0 Å². The van der Waals surface area contributed by atoms with Gasteiger partial charge in [0, 0.05) is 12.7 Å². The van der Waals surface area contributed by atoms with Crippen LogP contribution in [0.4, 0.5) is 5.13 Å². The lowest BCUT2D eigenvalue weighted by Gasteiger charge is -2.01. The summed E-state index contributed by atoms with van der Waals surface area (Å²) >= 11 is 1.27. The van der Waals surface area contributed by atoms with Crippen LogP contribution in [0, 0.1) is 11.3 Å². The summed E-state index contributed by atoms with van der Waals surface area (Å²) in [5.74, 6) is -0.256. The van der Waals surface area contributed by atoms with E-state index in [9.17, 15) is 4.79 Å². The maximum atomic E-state index is 12.0. The van der Waals surface area contributed by atoms with Crippen LogP contribution in [0.1, 0.15) is 20.9 Å². The first-order valence-electron chi connectivity index (χ1n) is 5.81. The molecule has 7 heteroatoms. The summed E-state index contributed by atoms with van der Waals surface area (Å²) in [6.45, 7) is 0.371. The van der Waals surface area contributed by atoms with Gasteiger partial charge in [-0.15, -0.1) is 10.2 Å². The molecule has 1 aromatic heterocycles. The summed E-state index contributed by atoms with van der Waals surface area (Å²) in [5, 5.41) is 20.1. The molecule has 0 aliphatic heterocycles. The highest BCUT2D eigenvalue weighted by Gasteiger charge is 2.10. The second-order valence-corrected chi connectivity index (χ2v) is 4.98. The Balaban J connectivity index is 2.01. The number of aromatic nitrogens is 2. The topological polar surface area (TPSA) is 87.9 Å². The lowest BCUT2D eigenvalue weighted by atomic mass is 10.1. The zero-order valence-electron chi connectivity index (χ0n) is 10.8. The largest absolute Gasteiger partial charge is 0.377 e. The van der Waals surface area contributed by atoms with E-state index in [-0.39, 0.29) is 5.91 Å². The van der Waals surface area contributed by atoms with Crippen molar-refractivity contribution < 1.29 is 9.53 Å². The average molecular weight is 288 g/mol. The predicted molar refractivity (Wildman–Crippen MR) is 74.3 cm³/mol. The van der Waals surface area contributed by atoms with Crippen LogP contribution in [0.2, 0.25) is 0 Å². The van der Waals surface area contributed by atoms with Crippen LogP contribution in [0.15, 0.2) is 24.3 Å². The highest BCUT2D eigenvalue weighted by molar-refractivity contribution is 7.15. The molecule has 0 aliphatic carbocycles. The molecule has 1 N–H and O–H groups in total. The van der Waals surface area contributed by atoms with Gasteiger partial charge in [-0.2, -0.15) is 5.26 Å².